The number of β-amino-alcohol motifs (C(OH)–C–C–N with tert-alkyl or cyclic N) is 2. The molecule has 0 radical (unpaired) electrons. The Hall–Kier alpha value is -3.38. The maximum Gasteiger partial charge on any atom is 0.325 e. The zero-order valence-corrected chi connectivity index (χ0v) is 19.5. The Morgan fingerprint density at radius 1 is 0.735 bits per heavy atom. The second-order valence-corrected chi connectivity index (χ2v) is 9.34. The van der Waals surface area contributed by atoms with E-state index in [0.29, 0.717) is 11.5 Å². The molecule has 2 saturated heterocycles. The van der Waals surface area contributed by atoms with Crippen molar-refractivity contribution in [3.05, 3.63) is 24.3 Å². The fourth-order valence-electron chi connectivity index (χ4n) is 3.51. The Kier molecular flexibility index (Phi) is 7.03. The maximum atomic E-state index is 12.2. The van der Waals surface area contributed by atoms with Gasteiger partial charge in [-0.25, -0.2) is 9.59 Å². The number of hydrogen-bond donors (Lipinski definition) is 4. The van der Waals surface area contributed by atoms with Gasteiger partial charge in [-0.2, -0.15) is 0 Å². The SMILES string of the molecule is CC1(C)NC(=O)N(C[C@H](O)COc2ccc(OC[C@H](O)CN3C(=O)NC(C)(C)C3=O)cc2)C1=O. The number of benzene rings is 1. The van der Waals surface area contributed by atoms with Crippen molar-refractivity contribution in [2.24, 2.45) is 0 Å². The van der Waals surface area contributed by atoms with Crippen molar-refractivity contribution in [1.82, 2.24) is 20.4 Å². The van der Waals surface area contributed by atoms with Crippen LogP contribution in [-0.2, 0) is 9.59 Å². The predicted octanol–water partition coefficient (Wildman–Crippen LogP) is -0.173. The van der Waals surface area contributed by atoms with Crippen LogP contribution in [0.2, 0.25) is 0 Å². The highest BCUT2D eigenvalue weighted by Crippen LogP contribution is 2.20. The molecule has 2 atom stereocenters. The van der Waals surface area contributed by atoms with Crippen LogP contribution in [0, 0.1) is 0 Å². The Labute approximate surface area is 196 Å². The van der Waals surface area contributed by atoms with Gasteiger partial charge in [-0.1, -0.05) is 0 Å². The Bertz CT molecular complexity index is 885. The zero-order valence-electron chi connectivity index (χ0n) is 19.5. The molecule has 0 aromatic heterocycles. The van der Waals surface area contributed by atoms with Crippen LogP contribution in [0.15, 0.2) is 24.3 Å². The van der Waals surface area contributed by atoms with Gasteiger partial charge in [0.2, 0.25) is 0 Å². The molecule has 2 aliphatic rings. The number of nitrogens with zero attached hydrogens (tertiary/aromatic N) is 2. The van der Waals surface area contributed by atoms with E-state index < -0.39 is 47.2 Å². The van der Waals surface area contributed by atoms with Gasteiger partial charge in [0, 0.05) is 0 Å². The molecule has 34 heavy (non-hydrogen) atoms. The number of ether oxygens (including phenoxy) is 2. The lowest BCUT2D eigenvalue weighted by molar-refractivity contribution is -0.132. The van der Waals surface area contributed by atoms with Crippen molar-refractivity contribution >= 4 is 23.9 Å². The van der Waals surface area contributed by atoms with E-state index in [0.717, 1.165) is 9.80 Å². The average Bonchev–Trinajstić information content (AvgIpc) is 3.07. The van der Waals surface area contributed by atoms with Crippen molar-refractivity contribution < 1.29 is 38.9 Å². The van der Waals surface area contributed by atoms with Gasteiger partial charge in [-0.3, -0.25) is 19.4 Å². The van der Waals surface area contributed by atoms with E-state index in [2.05, 4.69) is 10.6 Å². The van der Waals surface area contributed by atoms with Crippen molar-refractivity contribution in [3.8, 4) is 11.5 Å². The second-order valence-electron chi connectivity index (χ2n) is 9.34. The van der Waals surface area contributed by atoms with Gasteiger partial charge in [-0.05, 0) is 52.0 Å². The lowest BCUT2D eigenvalue weighted by Crippen LogP contribution is -2.42. The molecule has 1 aromatic carbocycles. The summed E-state index contributed by atoms with van der Waals surface area (Å²) in [5.74, 6) is 0.00874. The number of aliphatic hydroxyl groups is 2. The number of hydrogen-bond acceptors (Lipinski definition) is 8. The molecular formula is C22H30N4O8. The Morgan fingerprint density at radius 3 is 1.32 bits per heavy atom. The van der Waals surface area contributed by atoms with Gasteiger partial charge >= 0.3 is 12.1 Å². The highest BCUT2D eigenvalue weighted by Gasteiger charge is 2.45. The Morgan fingerprint density at radius 2 is 1.06 bits per heavy atom. The summed E-state index contributed by atoms with van der Waals surface area (Å²) in [7, 11) is 0. The van der Waals surface area contributed by atoms with Crippen molar-refractivity contribution in [2.45, 2.75) is 51.0 Å². The summed E-state index contributed by atoms with van der Waals surface area (Å²) >= 11 is 0. The molecule has 0 spiro atoms. The molecule has 12 nitrogen and oxygen atoms in total. The van der Waals surface area contributed by atoms with Crippen LogP contribution in [0.1, 0.15) is 27.7 Å². The molecule has 186 valence electrons. The third-order valence-electron chi connectivity index (χ3n) is 5.38. The van der Waals surface area contributed by atoms with E-state index in [1.165, 1.54) is 0 Å². The number of carbonyl (C=O) groups excluding carboxylic acids is 4. The molecule has 6 amide bonds. The molecule has 0 bridgehead atoms. The predicted molar refractivity (Wildman–Crippen MR) is 118 cm³/mol. The monoisotopic (exact) mass is 478 g/mol. The molecule has 12 heteroatoms. The van der Waals surface area contributed by atoms with Crippen molar-refractivity contribution in [1.29, 1.82) is 0 Å². The molecule has 0 aliphatic carbocycles. The normalized spacial score (nSPS) is 20.8. The van der Waals surface area contributed by atoms with Gasteiger partial charge in [0.15, 0.2) is 0 Å². The summed E-state index contributed by atoms with van der Waals surface area (Å²) in [5.41, 5.74) is -2.01. The van der Waals surface area contributed by atoms with Gasteiger partial charge in [0.1, 0.15) is 48.0 Å². The van der Waals surface area contributed by atoms with Crippen LogP contribution in [-0.4, -0.2) is 93.5 Å². The van der Waals surface area contributed by atoms with E-state index in [9.17, 15) is 29.4 Å². The van der Waals surface area contributed by atoms with Gasteiger partial charge in [0.25, 0.3) is 11.8 Å². The van der Waals surface area contributed by atoms with Crippen LogP contribution in [0.3, 0.4) is 0 Å². The number of rotatable bonds is 10. The molecule has 2 aliphatic heterocycles. The first-order valence-electron chi connectivity index (χ1n) is 10.8. The van der Waals surface area contributed by atoms with Gasteiger partial charge in [-0.15, -0.1) is 0 Å². The lowest BCUT2D eigenvalue weighted by Gasteiger charge is -2.20. The molecule has 2 fully saturated rings. The Balaban J connectivity index is 1.42. The van der Waals surface area contributed by atoms with Crippen LogP contribution >= 0.6 is 0 Å². The minimum Gasteiger partial charge on any atom is -0.491 e. The summed E-state index contributed by atoms with van der Waals surface area (Å²) in [6.07, 6.45) is -2.16. The molecule has 1 aromatic rings. The minimum atomic E-state index is -1.08. The summed E-state index contributed by atoms with van der Waals surface area (Å²) in [5, 5.41) is 25.4. The third-order valence-corrected chi connectivity index (χ3v) is 5.38. The number of aliphatic hydroxyl groups excluding tert-OH is 2. The van der Waals surface area contributed by atoms with E-state index in [1.54, 1.807) is 52.0 Å². The summed E-state index contributed by atoms with van der Waals surface area (Å²) in [4.78, 5) is 50.0. The van der Waals surface area contributed by atoms with Crippen LogP contribution in [0.4, 0.5) is 9.59 Å². The molecule has 3 rings (SSSR count). The van der Waals surface area contributed by atoms with Gasteiger partial charge in [0.05, 0.1) is 13.1 Å². The minimum absolute atomic E-state index is 0.140. The third kappa shape index (κ3) is 5.57. The van der Waals surface area contributed by atoms with E-state index in [1.807, 2.05) is 0 Å². The highest BCUT2D eigenvalue weighted by atomic mass is 16.5. The first-order valence-corrected chi connectivity index (χ1v) is 10.8. The molecule has 0 saturated carbocycles. The summed E-state index contributed by atoms with van der Waals surface area (Å²) in [6, 6.07) is 5.24. The topological polar surface area (TPSA) is 158 Å². The van der Waals surface area contributed by atoms with E-state index >= 15 is 0 Å². The fraction of sp³-hybridized carbons (Fsp3) is 0.545. The maximum absolute atomic E-state index is 12.2. The molecule has 2 heterocycles. The number of urea groups is 2. The van der Waals surface area contributed by atoms with E-state index in [4.69, 9.17) is 9.47 Å². The number of nitrogens with one attached hydrogen (secondary N) is 2. The van der Waals surface area contributed by atoms with Crippen LogP contribution in [0.5, 0.6) is 11.5 Å². The average molecular weight is 479 g/mol. The molecule has 4 N–H and O–H groups in total. The van der Waals surface area contributed by atoms with Crippen LogP contribution < -0.4 is 20.1 Å². The second kappa shape index (κ2) is 9.47. The summed E-state index contributed by atoms with van der Waals surface area (Å²) < 4.78 is 11.0. The molecular weight excluding hydrogens is 448 g/mol. The highest BCUT2D eigenvalue weighted by molar-refractivity contribution is 6.07. The molecule has 0 unspecified atom stereocenters. The standard InChI is InChI=1S/C22H30N4O8/c1-21(2)17(29)25(19(31)23-21)9-13(27)11-33-15-5-7-16(8-6-15)34-12-14(28)10-26-18(30)22(3,4)24-20(26)32/h5-8,13-14,27-28H,9-12H2,1-4H3,(H,23,31)(H,24,32)/t13-,14+. The number of amides is 6. The fourth-order valence-corrected chi connectivity index (χ4v) is 3.51. The zero-order chi connectivity index (χ0) is 25.3. The largest absolute Gasteiger partial charge is 0.491 e. The first-order chi connectivity index (χ1) is 15.8. The number of imide groups is 2. The smallest absolute Gasteiger partial charge is 0.325 e. The van der Waals surface area contributed by atoms with E-state index in [-0.39, 0.29) is 26.3 Å². The van der Waals surface area contributed by atoms with Crippen LogP contribution in [0.25, 0.3) is 0 Å². The first kappa shape index (κ1) is 25.2. The number of carbonyl (C=O) groups is 4. The summed E-state index contributed by atoms with van der Waals surface area (Å²) in [6.45, 7) is 5.68. The lowest BCUT2D eigenvalue weighted by atomic mass is 10.1. The van der Waals surface area contributed by atoms with Crippen molar-refractivity contribution in [3.63, 3.8) is 0 Å². The van der Waals surface area contributed by atoms with Crippen molar-refractivity contribution in [2.75, 3.05) is 26.3 Å². The van der Waals surface area contributed by atoms with Gasteiger partial charge < -0.3 is 30.3 Å². The quantitative estimate of drug-likeness (QED) is 0.338.